The minimum Gasteiger partial charge on any atom is -0.393 e. The molecular weight excluding hydrogens is 436 g/mol. The van der Waals surface area contributed by atoms with E-state index in [1.807, 2.05) is 0 Å². The first kappa shape index (κ1) is 34.8. The van der Waals surface area contributed by atoms with E-state index in [0.717, 1.165) is 70.6 Å². The maximum absolute atomic E-state index is 11.0. The molecule has 3 unspecified atom stereocenters. The topological polar surface area (TPSA) is 58.9 Å². The van der Waals surface area contributed by atoms with Gasteiger partial charge < -0.3 is 19.7 Å². The summed E-state index contributed by atoms with van der Waals surface area (Å²) in [6, 6.07) is 0. The smallest absolute Gasteiger partial charge is 0.0779 e. The summed E-state index contributed by atoms with van der Waals surface area (Å²) in [6.45, 7) is 24.6. The van der Waals surface area contributed by atoms with Crippen LogP contribution in [0, 0.1) is 10.8 Å². The van der Waals surface area contributed by atoms with Crippen LogP contribution in [0.2, 0.25) is 0 Å². The molecule has 0 aliphatic rings. The second kappa shape index (κ2) is 15.9. The van der Waals surface area contributed by atoms with Crippen molar-refractivity contribution in [1.82, 2.24) is 0 Å². The summed E-state index contributed by atoms with van der Waals surface area (Å²) in [5, 5.41) is 21.8. The van der Waals surface area contributed by atoms with Gasteiger partial charge in [0.05, 0.1) is 36.1 Å². The molecule has 0 amide bonds. The average Bonchev–Trinajstić information content (AvgIpc) is 2.85. The molecule has 4 heteroatoms. The van der Waals surface area contributed by atoms with E-state index in [4.69, 9.17) is 9.47 Å². The van der Waals surface area contributed by atoms with Gasteiger partial charge in [0.1, 0.15) is 0 Å². The van der Waals surface area contributed by atoms with Crippen LogP contribution in [-0.4, -0.2) is 46.3 Å². The molecular formula is C31H64O4. The average molecular weight is 501 g/mol. The molecule has 0 fully saturated rings. The van der Waals surface area contributed by atoms with Crippen LogP contribution in [0.5, 0.6) is 0 Å². The molecule has 0 saturated heterocycles. The zero-order chi connectivity index (χ0) is 27.3. The van der Waals surface area contributed by atoms with Gasteiger partial charge in [-0.1, -0.05) is 94.9 Å². The Morgan fingerprint density at radius 2 is 0.943 bits per heavy atom. The molecule has 4 nitrogen and oxygen atoms in total. The highest BCUT2D eigenvalue weighted by atomic mass is 16.5. The summed E-state index contributed by atoms with van der Waals surface area (Å²) in [6.07, 6.45) is 10.1. The highest BCUT2D eigenvalue weighted by molar-refractivity contribution is 4.88. The largest absolute Gasteiger partial charge is 0.393 e. The molecule has 0 aromatic heterocycles. The summed E-state index contributed by atoms with van der Waals surface area (Å²) in [7, 11) is 0. The second-order valence-electron chi connectivity index (χ2n) is 12.2. The Bertz CT molecular complexity index is 530. The Morgan fingerprint density at radius 3 is 1.31 bits per heavy atom. The molecule has 0 heterocycles. The third kappa shape index (κ3) is 11.4. The van der Waals surface area contributed by atoms with Crippen LogP contribution in [0.3, 0.4) is 0 Å². The minimum absolute atomic E-state index is 0.0134. The quantitative estimate of drug-likeness (QED) is 0.166. The Labute approximate surface area is 220 Å². The van der Waals surface area contributed by atoms with E-state index in [9.17, 15) is 10.2 Å². The minimum atomic E-state index is -0.444. The Balaban J connectivity index is 5.29. The summed E-state index contributed by atoms with van der Waals surface area (Å²) in [5.74, 6) is 0. The van der Waals surface area contributed by atoms with Crippen LogP contribution >= 0.6 is 0 Å². The monoisotopic (exact) mass is 500 g/mol. The maximum Gasteiger partial charge on any atom is 0.0779 e. The van der Waals surface area contributed by atoms with Crippen molar-refractivity contribution in [3.05, 3.63) is 0 Å². The standard InChI is InChI=1S/C31H64O4/c1-12-28(10,13-2)21-26(32)23-31(18-7,19-8)35-25(9)20-30(16-5,17-6)34-24-27(33)22-29(11,14-3)15-4/h25-27,32-33H,12-24H2,1-11H3. The number of rotatable bonds is 21. The molecule has 0 bridgehead atoms. The normalized spacial score (nSPS) is 16.4. The van der Waals surface area contributed by atoms with Gasteiger partial charge >= 0.3 is 0 Å². The summed E-state index contributed by atoms with van der Waals surface area (Å²) >= 11 is 0. The van der Waals surface area contributed by atoms with Crippen LogP contribution in [0.25, 0.3) is 0 Å². The first-order valence-electron chi connectivity index (χ1n) is 15.0. The third-order valence-electron chi connectivity index (χ3n) is 9.75. The fourth-order valence-electron chi connectivity index (χ4n) is 5.60. The van der Waals surface area contributed by atoms with Gasteiger partial charge in [-0.05, 0) is 56.3 Å². The SMILES string of the molecule is CCC(C)(CC)CC(O)COC(CC)(CC)CC(C)OC(CC)(CC)CC(O)CC(C)(CC)CC. The Morgan fingerprint density at radius 1 is 0.543 bits per heavy atom. The summed E-state index contributed by atoms with van der Waals surface area (Å²) < 4.78 is 13.2. The van der Waals surface area contributed by atoms with Crippen molar-refractivity contribution in [3.63, 3.8) is 0 Å². The van der Waals surface area contributed by atoms with Crippen LogP contribution in [0.1, 0.15) is 153 Å². The number of hydrogen-bond donors (Lipinski definition) is 2. The fraction of sp³-hybridized carbons (Fsp3) is 1.00. The van der Waals surface area contributed by atoms with Gasteiger partial charge in [0.15, 0.2) is 0 Å². The first-order valence-corrected chi connectivity index (χ1v) is 15.0. The summed E-state index contributed by atoms with van der Waals surface area (Å²) in [5.41, 5.74) is -0.283. The van der Waals surface area contributed by atoms with Crippen molar-refractivity contribution >= 4 is 0 Å². The van der Waals surface area contributed by atoms with Crippen molar-refractivity contribution in [2.75, 3.05) is 6.61 Å². The fourth-order valence-corrected chi connectivity index (χ4v) is 5.60. The van der Waals surface area contributed by atoms with Crippen LogP contribution in [-0.2, 0) is 9.47 Å². The van der Waals surface area contributed by atoms with Gasteiger partial charge in [-0.3, -0.25) is 0 Å². The highest BCUT2D eigenvalue weighted by Crippen LogP contribution is 2.38. The Kier molecular flexibility index (Phi) is 15.9. The van der Waals surface area contributed by atoms with E-state index in [0.29, 0.717) is 13.0 Å². The zero-order valence-electron chi connectivity index (χ0n) is 25.6. The molecule has 0 radical (unpaired) electrons. The molecule has 3 atom stereocenters. The summed E-state index contributed by atoms with van der Waals surface area (Å²) in [4.78, 5) is 0. The lowest BCUT2D eigenvalue weighted by Gasteiger charge is -2.41. The zero-order valence-corrected chi connectivity index (χ0v) is 25.6. The molecule has 2 N–H and O–H groups in total. The maximum atomic E-state index is 11.0. The lowest BCUT2D eigenvalue weighted by Crippen LogP contribution is -2.43. The lowest BCUT2D eigenvalue weighted by atomic mass is 9.77. The molecule has 0 spiro atoms. The molecule has 0 rings (SSSR count). The lowest BCUT2D eigenvalue weighted by molar-refractivity contribution is -0.157. The molecule has 35 heavy (non-hydrogen) atoms. The second-order valence-corrected chi connectivity index (χ2v) is 12.2. The van der Waals surface area contributed by atoms with E-state index in [1.165, 1.54) is 0 Å². The van der Waals surface area contributed by atoms with Gasteiger partial charge in [-0.2, -0.15) is 0 Å². The number of ether oxygens (including phenoxy) is 2. The predicted molar refractivity (Wildman–Crippen MR) is 151 cm³/mol. The van der Waals surface area contributed by atoms with Crippen molar-refractivity contribution in [1.29, 1.82) is 0 Å². The molecule has 0 aromatic carbocycles. The number of aliphatic hydroxyl groups is 2. The van der Waals surface area contributed by atoms with Gasteiger partial charge in [-0.15, -0.1) is 0 Å². The number of hydrogen-bond acceptors (Lipinski definition) is 4. The predicted octanol–water partition coefficient (Wildman–Crippen LogP) is 8.46. The molecule has 212 valence electrons. The van der Waals surface area contributed by atoms with E-state index < -0.39 is 6.10 Å². The van der Waals surface area contributed by atoms with Crippen molar-refractivity contribution < 1.29 is 19.7 Å². The van der Waals surface area contributed by atoms with Gasteiger partial charge in [0, 0.05) is 12.8 Å². The van der Waals surface area contributed by atoms with Crippen LogP contribution in [0.4, 0.5) is 0 Å². The van der Waals surface area contributed by atoms with E-state index in [-0.39, 0.29) is 34.2 Å². The molecule has 0 saturated carbocycles. The van der Waals surface area contributed by atoms with Crippen molar-refractivity contribution in [2.24, 2.45) is 10.8 Å². The molecule has 0 aliphatic heterocycles. The van der Waals surface area contributed by atoms with Gasteiger partial charge in [0.25, 0.3) is 0 Å². The third-order valence-corrected chi connectivity index (χ3v) is 9.75. The number of aliphatic hydroxyl groups excluding tert-OH is 2. The van der Waals surface area contributed by atoms with E-state index in [1.54, 1.807) is 0 Å². The van der Waals surface area contributed by atoms with Crippen molar-refractivity contribution in [3.8, 4) is 0 Å². The van der Waals surface area contributed by atoms with Crippen molar-refractivity contribution in [2.45, 2.75) is 183 Å². The molecule has 0 aliphatic carbocycles. The van der Waals surface area contributed by atoms with Crippen LogP contribution in [0.15, 0.2) is 0 Å². The first-order chi connectivity index (χ1) is 16.3. The Hall–Kier alpha value is -0.160. The van der Waals surface area contributed by atoms with Gasteiger partial charge in [-0.25, -0.2) is 0 Å². The highest BCUT2D eigenvalue weighted by Gasteiger charge is 2.37. The molecule has 0 aromatic rings. The van der Waals surface area contributed by atoms with E-state index in [2.05, 4.69) is 76.2 Å². The van der Waals surface area contributed by atoms with Crippen LogP contribution < -0.4 is 0 Å². The van der Waals surface area contributed by atoms with E-state index >= 15 is 0 Å². The van der Waals surface area contributed by atoms with Gasteiger partial charge in [0.2, 0.25) is 0 Å².